The Hall–Kier alpha value is -3.71. The molecule has 4 aromatic rings. The molecule has 1 amide bonds. The summed E-state index contributed by atoms with van der Waals surface area (Å²) in [5.41, 5.74) is 2.24. The van der Waals surface area contributed by atoms with Crippen LogP contribution >= 0.6 is 0 Å². The van der Waals surface area contributed by atoms with Crippen molar-refractivity contribution in [3.8, 4) is 0 Å². The van der Waals surface area contributed by atoms with Crippen LogP contribution in [-0.4, -0.2) is 19.3 Å². The lowest BCUT2D eigenvalue weighted by atomic mass is 10.1. The zero-order valence-electron chi connectivity index (χ0n) is 17.1. The number of anilines is 2. The number of nitrogens with one attached hydrogen (secondary N) is 2. The van der Waals surface area contributed by atoms with E-state index in [9.17, 15) is 13.2 Å². The number of nitrogens with zero attached hydrogens (tertiary/aromatic N) is 1. The van der Waals surface area contributed by atoms with Crippen molar-refractivity contribution in [2.24, 2.45) is 5.92 Å². The highest BCUT2D eigenvalue weighted by atomic mass is 32.2. The maximum absolute atomic E-state index is 12.7. The van der Waals surface area contributed by atoms with Crippen LogP contribution in [0.2, 0.25) is 0 Å². The van der Waals surface area contributed by atoms with E-state index in [0.717, 1.165) is 28.4 Å². The quantitative estimate of drug-likeness (QED) is 0.449. The minimum Gasteiger partial charge on any atom is -0.326 e. The van der Waals surface area contributed by atoms with Crippen LogP contribution in [-0.2, 0) is 14.8 Å². The summed E-state index contributed by atoms with van der Waals surface area (Å²) >= 11 is 0. The Kier molecular flexibility index (Phi) is 5.11. The zero-order chi connectivity index (χ0) is 22.1. The predicted octanol–water partition coefficient (Wildman–Crippen LogP) is 4.78. The number of hydrogen-bond acceptors (Lipinski definition) is 4. The average Bonchev–Trinajstić information content (AvgIpc) is 3.61. The summed E-state index contributed by atoms with van der Waals surface area (Å²) < 4.78 is 27.7. The lowest BCUT2D eigenvalue weighted by Gasteiger charge is -2.09. The van der Waals surface area contributed by atoms with Crippen molar-refractivity contribution in [3.63, 3.8) is 0 Å². The molecule has 1 heterocycles. The monoisotopic (exact) mass is 443 g/mol. The van der Waals surface area contributed by atoms with E-state index in [0.29, 0.717) is 5.69 Å². The van der Waals surface area contributed by atoms with Crippen molar-refractivity contribution in [3.05, 3.63) is 96.8 Å². The highest BCUT2D eigenvalue weighted by Crippen LogP contribution is 2.48. The fourth-order valence-electron chi connectivity index (χ4n) is 3.86. The summed E-state index contributed by atoms with van der Waals surface area (Å²) in [4.78, 5) is 17.0. The van der Waals surface area contributed by atoms with Crippen molar-refractivity contribution in [2.45, 2.75) is 17.2 Å². The maximum Gasteiger partial charge on any atom is 0.261 e. The molecular formula is C25H21N3O3S. The van der Waals surface area contributed by atoms with Gasteiger partial charge in [-0.25, -0.2) is 8.42 Å². The Labute approximate surface area is 186 Å². The van der Waals surface area contributed by atoms with Gasteiger partial charge in [0.1, 0.15) is 0 Å². The van der Waals surface area contributed by atoms with Crippen molar-refractivity contribution in [2.75, 3.05) is 10.0 Å². The van der Waals surface area contributed by atoms with E-state index in [1.165, 1.54) is 0 Å². The number of rotatable bonds is 6. The predicted molar refractivity (Wildman–Crippen MR) is 125 cm³/mol. The second kappa shape index (κ2) is 8.09. The fourth-order valence-corrected chi connectivity index (χ4v) is 4.92. The van der Waals surface area contributed by atoms with Gasteiger partial charge >= 0.3 is 0 Å². The number of amides is 1. The minimum absolute atomic E-state index is 0.0224. The molecule has 0 radical (unpaired) electrons. The smallest absolute Gasteiger partial charge is 0.261 e. The largest absolute Gasteiger partial charge is 0.326 e. The molecule has 3 aromatic carbocycles. The van der Waals surface area contributed by atoms with Crippen molar-refractivity contribution in [1.82, 2.24) is 4.98 Å². The second-order valence-corrected chi connectivity index (χ2v) is 9.60. The molecule has 2 N–H and O–H groups in total. The zero-order valence-corrected chi connectivity index (χ0v) is 17.9. The van der Waals surface area contributed by atoms with Crippen molar-refractivity contribution in [1.29, 1.82) is 0 Å². The lowest BCUT2D eigenvalue weighted by molar-refractivity contribution is -0.117. The number of para-hydroxylation sites is 1. The van der Waals surface area contributed by atoms with Crippen LogP contribution in [0.15, 0.2) is 96.2 Å². The minimum atomic E-state index is -3.66. The van der Waals surface area contributed by atoms with Gasteiger partial charge in [-0.3, -0.25) is 14.5 Å². The van der Waals surface area contributed by atoms with Crippen LogP contribution in [0.3, 0.4) is 0 Å². The van der Waals surface area contributed by atoms with Gasteiger partial charge in [0, 0.05) is 35.1 Å². The molecule has 1 aromatic heterocycles. The first kappa shape index (κ1) is 20.2. The maximum atomic E-state index is 12.7. The Morgan fingerprint density at radius 1 is 0.875 bits per heavy atom. The first-order valence-corrected chi connectivity index (χ1v) is 11.8. The number of carbonyl (C=O) groups is 1. The summed E-state index contributed by atoms with van der Waals surface area (Å²) in [5, 5.41) is 5.03. The standard InChI is InChI=1S/C25H21N3O3S/c29-25(27-21-9-6-19-16-26-13-12-18(19)14-21)24-15-23(24)17-7-10-22(11-8-17)32(30,31)28-20-4-2-1-3-5-20/h1-14,16,23-24,28H,15H2,(H,27,29)/t23-,24+/m0/s1. The molecule has 6 nitrogen and oxygen atoms in total. The van der Waals surface area contributed by atoms with E-state index in [1.807, 2.05) is 30.3 Å². The van der Waals surface area contributed by atoms with Crippen LogP contribution in [0.5, 0.6) is 0 Å². The van der Waals surface area contributed by atoms with Crippen LogP contribution in [0.4, 0.5) is 11.4 Å². The molecule has 32 heavy (non-hydrogen) atoms. The molecule has 0 bridgehead atoms. The molecule has 2 atom stereocenters. The number of sulfonamides is 1. The summed E-state index contributed by atoms with van der Waals surface area (Å²) in [6, 6.07) is 23.2. The summed E-state index contributed by atoms with van der Waals surface area (Å²) in [5.74, 6) is -0.0441. The third-order valence-corrected chi connectivity index (χ3v) is 7.08. The fraction of sp³-hybridized carbons (Fsp3) is 0.120. The third-order valence-electron chi connectivity index (χ3n) is 5.68. The van der Waals surface area contributed by atoms with E-state index in [-0.39, 0.29) is 22.6 Å². The van der Waals surface area contributed by atoms with Crippen LogP contribution in [0, 0.1) is 5.92 Å². The van der Waals surface area contributed by atoms with Gasteiger partial charge in [0.25, 0.3) is 10.0 Å². The molecule has 7 heteroatoms. The molecule has 1 aliphatic carbocycles. The van der Waals surface area contributed by atoms with E-state index in [1.54, 1.807) is 60.9 Å². The molecule has 0 unspecified atom stereocenters. The first-order chi connectivity index (χ1) is 15.5. The van der Waals surface area contributed by atoms with Gasteiger partial charge < -0.3 is 5.32 Å². The molecule has 0 saturated heterocycles. The normalized spacial score (nSPS) is 17.6. The average molecular weight is 444 g/mol. The molecule has 1 saturated carbocycles. The van der Waals surface area contributed by atoms with E-state index < -0.39 is 10.0 Å². The van der Waals surface area contributed by atoms with Gasteiger partial charge in [0.05, 0.1) is 4.90 Å². The van der Waals surface area contributed by atoms with Gasteiger partial charge in [-0.15, -0.1) is 0 Å². The molecule has 1 aliphatic rings. The molecular weight excluding hydrogens is 422 g/mol. The van der Waals surface area contributed by atoms with Gasteiger partial charge in [-0.2, -0.15) is 0 Å². The number of benzene rings is 3. The van der Waals surface area contributed by atoms with Crippen LogP contribution in [0.25, 0.3) is 10.8 Å². The van der Waals surface area contributed by atoms with Crippen molar-refractivity contribution < 1.29 is 13.2 Å². The Morgan fingerprint density at radius 3 is 2.44 bits per heavy atom. The molecule has 0 spiro atoms. The summed E-state index contributed by atoms with van der Waals surface area (Å²) in [7, 11) is -3.66. The number of carbonyl (C=O) groups excluding carboxylic acids is 1. The topological polar surface area (TPSA) is 88.2 Å². The van der Waals surface area contributed by atoms with Crippen molar-refractivity contribution >= 4 is 38.1 Å². The van der Waals surface area contributed by atoms with Crippen LogP contribution in [0.1, 0.15) is 17.9 Å². The van der Waals surface area contributed by atoms with Gasteiger partial charge in [-0.05, 0) is 65.8 Å². The van der Waals surface area contributed by atoms with E-state index >= 15 is 0 Å². The third kappa shape index (κ3) is 4.20. The first-order valence-electron chi connectivity index (χ1n) is 10.3. The highest BCUT2D eigenvalue weighted by Gasteiger charge is 2.44. The number of pyridine rings is 1. The Bertz CT molecular complexity index is 1390. The van der Waals surface area contributed by atoms with Gasteiger partial charge in [-0.1, -0.05) is 36.4 Å². The number of fused-ring (bicyclic) bond motifs is 1. The molecule has 0 aliphatic heterocycles. The number of hydrogen-bond donors (Lipinski definition) is 2. The molecule has 1 fully saturated rings. The molecule has 5 rings (SSSR count). The summed E-state index contributed by atoms with van der Waals surface area (Å²) in [6.07, 6.45) is 4.26. The van der Waals surface area contributed by atoms with Gasteiger partial charge in [0.2, 0.25) is 5.91 Å². The summed E-state index contributed by atoms with van der Waals surface area (Å²) in [6.45, 7) is 0. The Balaban J connectivity index is 1.24. The van der Waals surface area contributed by atoms with Gasteiger partial charge in [0.15, 0.2) is 0 Å². The van der Waals surface area contributed by atoms with E-state index in [2.05, 4.69) is 15.0 Å². The van der Waals surface area contributed by atoms with E-state index in [4.69, 9.17) is 0 Å². The second-order valence-electron chi connectivity index (χ2n) is 7.92. The lowest BCUT2D eigenvalue weighted by Crippen LogP contribution is -2.14. The van der Waals surface area contributed by atoms with Crippen LogP contribution < -0.4 is 10.0 Å². The number of aromatic nitrogens is 1. The molecule has 160 valence electrons. The SMILES string of the molecule is O=C(Nc1ccc2cnccc2c1)[C@@H]1C[C@H]1c1ccc(S(=O)(=O)Nc2ccccc2)cc1. The highest BCUT2D eigenvalue weighted by molar-refractivity contribution is 7.92. The Morgan fingerprint density at radius 2 is 1.66 bits per heavy atom.